The molecule has 1 unspecified atom stereocenters. The van der Waals surface area contributed by atoms with E-state index in [-0.39, 0.29) is 21.9 Å². The van der Waals surface area contributed by atoms with Crippen molar-refractivity contribution in [1.29, 1.82) is 0 Å². The van der Waals surface area contributed by atoms with E-state index in [1.165, 1.54) is 16.7 Å². The quantitative estimate of drug-likeness (QED) is 0.547. The van der Waals surface area contributed by atoms with Crippen LogP contribution in [-0.4, -0.2) is 71.7 Å². The Hall–Kier alpha value is -1.16. The van der Waals surface area contributed by atoms with Crippen molar-refractivity contribution in [3.8, 4) is 0 Å². The van der Waals surface area contributed by atoms with Crippen molar-refractivity contribution >= 4 is 53.1 Å². The number of ether oxygens (including phenoxy) is 2. The summed E-state index contributed by atoms with van der Waals surface area (Å²) in [5.41, 5.74) is 9.96. The number of rotatable bonds is 4. The van der Waals surface area contributed by atoms with Crippen LogP contribution in [0.5, 0.6) is 0 Å². The van der Waals surface area contributed by atoms with Crippen LogP contribution in [0.25, 0.3) is 0 Å². The molecule has 0 aromatic heterocycles. The summed E-state index contributed by atoms with van der Waals surface area (Å²) >= 11 is 0. The zero-order chi connectivity index (χ0) is 25.5. The van der Waals surface area contributed by atoms with Gasteiger partial charge < -0.3 is 15.2 Å². The smallest absolute Gasteiger partial charge is 0.282 e. The predicted molar refractivity (Wildman–Crippen MR) is 159 cm³/mol. The maximum absolute atomic E-state index is 6.37. The van der Waals surface area contributed by atoms with Crippen LogP contribution < -0.4 is 5.73 Å². The van der Waals surface area contributed by atoms with Gasteiger partial charge in [-0.05, 0) is 42.2 Å². The first-order chi connectivity index (χ1) is 15.6. The molecule has 0 saturated heterocycles. The molecule has 2 aliphatic carbocycles. The number of nitrogens with two attached hydrogens (primary N) is 1. The van der Waals surface area contributed by atoms with E-state index in [4.69, 9.17) is 20.2 Å². The van der Waals surface area contributed by atoms with Gasteiger partial charge in [-0.2, -0.15) is 0 Å². The number of benzene rings is 1. The van der Waals surface area contributed by atoms with Gasteiger partial charge in [0.05, 0.1) is 27.2 Å². The Morgan fingerprint density at radius 2 is 1.71 bits per heavy atom. The standard InChI is InChI=1S/C24H42B6N2O2/c1-12(2)22(25,26)23(27,28)16-7-6-15-11-20(9-13(3)18(33-5)14(4)10-20)21(17(15)8-16)24(29,30)34-19(31)32-21/h6-8,12-14,18H,9-11,25-30H2,1-5H3,(H2,31,32)/t13-,14+,18+,20+,21?. The lowest BCUT2D eigenvalue weighted by atomic mass is 9.26. The summed E-state index contributed by atoms with van der Waals surface area (Å²) in [4.78, 5) is 5.26. The van der Waals surface area contributed by atoms with E-state index in [2.05, 4.69) is 93.0 Å². The van der Waals surface area contributed by atoms with Gasteiger partial charge >= 0.3 is 0 Å². The van der Waals surface area contributed by atoms with Crippen molar-refractivity contribution in [2.75, 3.05) is 7.11 Å². The molecule has 1 fully saturated rings. The minimum absolute atomic E-state index is 0.000295. The number of aliphatic imine (C=N–C) groups is 1. The van der Waals surface area contributed by atoms with Crippen LogP contribution in [0.3, 0.4) is 0 Å². The van der Waals surface area contributed by atoms with Crippen LogP contribution in [0, 0.1) is 23.2 Å². The average Bonchev–Trinajstić information content (AvgIpc) is 3.11. The molecule has 178 valence electrons. The molecule has 4 rings (SSSR count). The highest BCUT2D eigenvalue weighted by Gasteiger charge is 2.69. The number of fused-ring (bicyclic) bond motifs is 3. The van der Waals surface area contributed by atoms with Crippen molar-refractivity contribution in [1.82, 2.24) is 0 Å². The molecule has 5 atom stereocenters. The van der Waals surface area contributed by atoms with Crippen LogP contribution in [0.1, 0.15) is 57.2 Å². The van der Waals surface area contributed by atoms with E-state index in [0.29, 0.717) is 23.8 Å². The summed E-state index contributed by atoms with van der Waals surface area (Å²) in [7, 11) is 15.8. The molecule has 2 spiro atoms. The predicted octanol–water partition coefficient (Wildman–Crippen LogP) is -1.77. The highest BCUT2D eigenvalue weighted by atomic mass is 16.5. The van der Waals surface area contributed by atoms with Crippen molar-refractivity contribution < 1.29 is 9.47 Å². The van der Waals surface area contributed by atoms with Gasteiger partial charge in [-0.3, -0.25) is 0 Å². The lowest BCUT2D eigenvalue weighted by Gasteiger charge is -2.55. The highest BCUT2D eigenvalue weighted by Crippen LogP contribution is 2.66. The summed E-state index contributed by atoms with van der Waals surface area (Å²) in [6, 6.07) is 7.56. The van der Waals surface area contributed by atoms with Crippen LogP contribution in [-0.2, 0) is 26.6 Å². The van der Waals surface area contributed by atoms with Crippen LogP contribution in [0.2, 0.25) is 5.21 Å². The minimum atomic E-state index is -0.516. The van der Waals surface area contributed by atoms with E-state index in [1.54, 1.807) is 0 Å². The maximum atomic E-state index is 6.37. The normalized spacial score (nSPS) is 34.9. The largest absolute Gasteiger partial charge is 0.475 e. The first-order valence-corrected chi connectivity index (χ1v) is 13.3. The van der Waals surface area contributed by atoms with Crippen molar-refractivity contribution in [2.45, 2.75) is 74.4 Å². The number of nitrogens with zero attached hydrogens (tertiary/aromatic N) is 1. The molecule has 0 bridgehead atoms. The monoisotopic (exact) mass is 456 g/mol. The molecule has 1 saturated carbocycles. The van der Waals surface area contributed by atoms with Crippen molar-refractivity contribution in [3.05, 3.63) is 34.9 Å². The van der Waals surface area contributed by atoms with E-state index < -0.39 is 10.9 Å². The third kappa shape index (κ3) is 3.26. The Morgan fingerprint density at radius 3 is 2.18 bits per heavy atom. The number of amidine groups is 1. The highest BCUT2D eigenvalue weighted by molar-refractivity contribution is 6.54. The van der Waals surface area contributed by atoms with Crippen LogP contribution in [0.15, 0.2) is 23.2 Å². The third-order valence-corrected chi connectivity index (χ3v) is 10.9. The number of hydrogen-bond donors (Lipinski definition) is 1. The van der Waals surface area contributed by atoms with Crippen LogP contribution >= 0.6 is 0 Å². The van der Waals surface area contributed by atoms with E-state index in [9.17, 15) is 0 Å². The van der Waals surface area contributed by atoms with E-state index in [1.807, 2.05) is 7.11 Å². The molecule has 1 heterocycles. The maximum Gasteiger partial charge on any atom is 0.282 e. The second-order valence-electron chi connectivity index (χ2n) is 13.7. The van der Waals surface area contributed by atoms with E-state index in [0.717, 1.165) is 19.3 Å². The Morgan fingerprint density at radius 1 is 1.12 bits per heavy atom. The van der Waals surface area contributed by atoms with Gasteiger partial charge in [0.15, 0.2) is 15.7 Å². The molecule has 10 heteroatoms. The Labute approximate surface area is 212 Å². The van der Waals surface area contributed by atoms with Gasteiger partial charge in [-0.25, -0.2) is 4.99 Å². The summed E-state index contributed by atoms with van der Waals surface area (Å²) in [6.45, 7) is 9.36. The second kappa shape index (κ2) is 7.92. The fraction of sp³-hybridized carbons (Fsp3) is 0.708. The second-order valence-corrected chi connectivity index (χ2v) is 13.7. The fourth-order valence-electron chi connectivity index (χ4n) is 8.14. The first-order valence-electron chi connectivity index (χ1n) is 13.3. The average molecular weight is 455 g/mol. The molecular formula is C24H42B6N2O2. The van der Waals surface area contributed by atoms with Crippen molar-refractivity contribution in [3.63, 3.8) is 0 Å². The number of methoxy groups -OCH3 is 1. The molecular weight excluding hydrogens is 413 g/mol. The minimum Gasteiger partial charge on any atom is -0.475 e. The first kappa shape index (κ1) is 25.9. The molecule has 34 heavy (non-hydrogen) atoms. The van der Waals surface area contributed by atoms with Gasteiger partial charge in [0.25, 0.3) is 6.02 Å². The molecule has 4 nitrogen and oxygen atoms in total. The summed E-state index contributed by atoms with van der Waals surface area (Å²) in [6.07, 6.45) is 3.42. The molecule has 1 aliphatic heterocycles. The molecule has 3 aliphatic rings. The molecule has 1 aromatic rings. The zero-order valence-corrected chi connectivity index (χ0v) is 23.5. The SMILES string of the molecule is BC1(B)OC(N)=NC12c1cc(C(B)(B)C(B)(B)C(C)C)ccc1C[C@@]21C[C@@H](C)[C@H](OC)[C@@H](C)C1. The Bertz CT molecular complexity index is 999. The summed E-state index contributed by atoms with van der Waals surface area (Å²) in [5, 5.41) is -0.382. The topological polar surface area (TPSA) is 56.8 Å². The zero-order valence-electron chi connectivity index (χ0n) is 23.5. The van der Waals surface area contributed by atoms with Crippen LogP contribution in [0.4, 0.5) is 0 Å². The van der Waals surface area contributed by atoms with Gasteiger partial charge in [0.1, 0.15) is 21.2 Å². The lowest BCUT2D eigenvalue weighted by molar-refractivity contribution is -0.0865. The molecule has 0 radical (unpaired) electrons. The Balaban J connectivity index is 1.93. The van der Waals surface area contributed by atoms with Gasteiger partial charge in [0, 0.05) is 12.5 Å². The fourth-order valence-corrected chi connectivity index (χ4v) is 8.14. The van der Waals surface area contributed by atoms with Gasteiger partial charge in [-0.1, -0.05) is 67.8 Å². The lowest BCUT2D eigenvalue weighted by Crippen LogP contribution is -2.61. The summed E-state index contributed by atoms with van der Waals surface area (Å²) in [5.74, 6) is 1.45. The molecule has 1 aromatic carbocycles. The van der Waals surface area contributed by atoms with Gasteiger partial charge in [0.2, 0.25) is 0 Å². The third-order valence-electron chi connectivity index (χ3n) is 10.9. The molecule has 2 N–H and O–H groups in total. The molecule has 0 amide bonds. The number of hydrogen-bond acceptors (Lipinski definition) is 4. The summed E-state index contributed by atoms with van der Waals surface area (Å²) < 4.78 is 12.3. The van der Waals surface area contributed by atoms with E-state index >= 15 is 0 Å². The Kier molecular flexibility index (Phi) is 6.04. The van der Waals surface area contributed by atoms with Gasteiger partial charge in [-0.15, -0.1) is 0 Å². The van der Waals surface area contributed by atoms with Crippen molar-refractivity contribution in [2.24, 2.45) is 33.9 Å².